The summed E-state index contributed by atoms with van der Waals surface area (Å²) in [5.41, 5.74) is 12.5. The van der Waals surface area contributed by atoms with Crippen molar-refractivity contribution < 1.29 is 5.11 Å². The van der Waals surface area contributed by atoms with Crippen LogP contribution in [-0.4, -0.2) is 16.2 Å². The molecule has 0 bridgehead atoms. The van der Waals surface area contributed by atoms with Crippen molar-refractivity contribution >= 4 is 10.9 Å². The molecule has 0 spiro atoms. The summed E-state index contributed by atoms with van der Waals surface area (Å²) in [5.74, 6) is 0. The smallest absolute Gasteiger partial charge is 0.0719 e. The van der Waals surface area contributed by atoms with Gasteiger partial charge >= 0.3 is 0 Å². The average molecular weight is 322 g/mol. The molecule has 0 atom stereocenters. The third-order valence-corrected chi connectivity index (χ3v) is 4.22. The third-order valence-electron chi connectivity index (χ3n) is 4.22. The number of fused-ring (bicyclic) bond motifs is 1. The van der Waals surface area contributed by atoms with E-state index in [-0.39, 0.29) is 0 Å². The minimum Gasteiger partial charge on any atom is -0.516 e. The van der Waals surface area contributed by atoms with Crippen LogP contribution in [0.25, 0.3) is 10.9 Å². The topological polar surface area (TPSA) is 51.2 Å². The lowest BCUT2D eigenvalue weighted by atomic mass is 10.0. The molecule has 1 heterocycles. The second-order valence-corrected chi connectivity index (χ2v) is 5.87. The molecular weight excluding hydrogens is 296 g/mol. The van der Waals surface area contributed by atoms with Crippen LogP contribution in [0.15, 0.2) is 61.4 Å². The van der Waals surface area contributed by atoms with Crippen molar-refractivity contribution in [3.8, 4) is 0 Å². The molecule has 0 unspecified atom stereocenters. The highest BCUT2D eigenvalue weighted by Crippen LogP contribution is 2.28. The Morgan fingerprint density at radius 1 is 1.08 bits per heavy atom. The van der Waals surface area contributed by atoms with Crippen molar-refractivity contribution in [2.45, 2.75) is 26.8 Å². The summed E-state index contributed by atoms with van der Waals surface area (Å²) in [4.78, 5) is 0. The molecule has 3 aromatic rings. The molecule has 1 aromatic heterocycles. The number of nitrogens with zero attached hydrogens (tertiary/aromatic N) is 1. The number of aryl methyl sites for hydroxylation is 1. The molecule has 3 rings (SSSR count). The minimum atomic E-state index is 0.670. The van der Waals surface area contributed by atoms with Crippen LogP contribution in [0.5, 0.6) is 0 Å². The number of benzene rings is 2. The van der Waals surface area contributed by atoms with Crippen LogP contribution in [0, 0.1) is 13.8 Å². The largest absolute Gasteiger partial charge is 0.516 e. The predicted octanol–water partition coefficient (Wildman–Crippen LogP) is 4.50. The number of rotatable bonds is 4. The lowest BCUT2D eigenvalue weighted by Crippen LogP contribution is -2.11. The van der Waals surface area contributed by atoms with E-state index >= 15 is 0 Å². The number of aromatic nitrogens is 1. The second kappa shape index (κ2) is 8.37. The Hall–Kier alpha value is -2.52. The molecule has 0 saturated carbocycles. The first kappa shape index (κ1) is 17.8. The highest BCUT2D eigenvalue weighted by atomic mass is 16.2. The summed E-state index contributed by atoms with van der Waals surface area (Å²) < 4.78 is 2.35. The van der Waals surface area contributed by atoms with E-state index in [1.54, 1.807) is 0 Å². The highest BCUT2D eigenvalue weighted by Gasteiger charge is 2.13. The van der Waals surface area contributed by atoms with E-state index in [4.69, 9.17) is 10.8 Å². The van der Waals surface area contributed by atoms with E-state index < -0.39 is 0 Å². The van der Waals surface area contributed by atoms with Gasteiger partial charge in [0.1, 0.15) is 0 Å². The first-order valence-corrected chi connectivity index (χ1v) is 8.19. The number of para-hydroxylation sites is 1. The Morgan fingerprint density at radius 3 is 2.33 bits per heavy atom. The fraction of sp³-hybridized carbons (Fsp3) is 0.238. The zero-order valence-electron chi connectivity index (χ0n) is 14.5. The standard InChI is InChI=1S/C19H22N2.C2H4O/c1-14-7-9-16(10-8-14)13-18-15(2)21(12-11-20)19-6-4-3-5-17(18)19;1-2-3/h3-10H,11-13,20H2,1-2H3;2-3H,1H2. The van der Waals surface area contributed by atoms with Crippen molar-refractivity contribution in [3.05, 3.63) is 83.8 Å². The van der Waals surface area contributed by atoms with Gasteiger partial charge in [-0.1, -0.05) is 54.6 Å². The molecule has 0 aliphatic rings. The molecule has 2 aromatic carbocycles. The van der Waals surface area contributed by atoms with Crippen LogP contribution >= 0.6 is 0 Å². The molecule has 0 aliphatic heterocycles. The first-order valence-electron chi connectivity index (χ1n) is 8.19. The van der Waals surface area contributed by atoms with Crippen LogP contribution < -0.4 is 5.73 Å². The maximum atomic E-state index is 7.33. The van der Waals surface area contributed by atoms with Gasteiger partial charge in [-0.15, -0.1) is 0 Å². The monoisotopic (exact) mass is 322 g/mol. The summed E-state index contributed by atoms with van der Waals surface area (Å²) >= 11 is 0. The zero-order valence-corrected chi connectivity index (χ0v) is 14.5. The van der Waals surface area contributed by atoms with Gasteiger partial charge in [0.2, 0.25) is 0 Å². The van der Waals surface area contributed by atoms with Crippen molar-refractivity contribution in [2.75, 3.05) is 6.54 Å². The lowest BCUT2D eigenvalue weighted by Gasteiger charge is -2.07. The molecule has 0 radical (unpaired) electrons. The number of aliphatic hydroxyl groups is 1. The molecular formula is C21H26N2O. The molecule has 3 N–H and O–H groups in total. The van der Waals surface area contributed by atoms with E-state index in [0.29, 0.717) is 6.54 Å². The van der Waals surface area contributed by atoms with Crippen LogP contribution in [0.2, 0.25) is 0 Å². The van der Waals surface area contributed by atoms with Gasteiger partial charge < -0.3 is 15.4 Å². The summed E-state index contributed by atoms with van der Waals surface area (Å²) in [5, 5.41) is 8.68. The summed E-state index contributed by atoms with van der Waals surface area (Å²) in [6.45, 7) is 8.80. The summed E-state index contributed by atoms with van der Waals surface area (Å²) in [6, 6.07) is 17.5. The Balaban J connectivity index is 0.000000647. The molecule has 3 heteroatoms. The Morgan fingerprint density at radius 2 is 1.71 bits per heavy atom. The van der Waals surface area contributed by atoms with Crippen molar-refractivity contribution in [1.29, 1.82) is 0 Å². The van der Waals surface area contributed by atoms with Crippen LogP contribution in [-0.2, 0) is 13.0 Å². The van der Waals surface area contributed by atoms with Crippen molar-refractivity contribution in [2.24, 2.45) is 5.73 Å². The van der Waals surface area contributed by atoms with Gasteiger partial charge in [0.05, 0.1) is 6.26 Å². The Bertz CT molecular complexity index is 801. The van der Waals surface area contributed by atoms with Crippen LogP contribution in [0.4, 0.5) is 0 Å². The molecule has 0 saturated heterocycles. The molecule has 0 aliphatic carbocycles. The minimum absolute atomic E-state index is 0.670. The predicted molar refractivity (Wildman–Crippen MR) is 103 cm³/mol. The molecule has 0 amide bonds. The van der Waals surface area contributed by atoms with Crippen molar-refractivity contribution in [3.63, 3.8) is 0 Å². The van der Waals surface area contributed by atoms with E-state index in [2.05, 4.69) is 73.5 Å². The molecule has 24 heavy (non-hydrogen) atoms. The van der Waals surface area contributed by atoms with E-state index in [0.717, 1.165) is 19.2 Å². The number of aliphatic hydroxyl groups excluding tert-OH is 1. The molecule has 3 nitrogen and oxygen atoms in total. The first-order chi connectivity index (χ1) is 11.6. The maximum Gasteiger partial charge on any atom is 0.0719 e. The molecule has 0 fully saturated rings. The number of nitrogens with two attached hydrogens (primary N) is 1. The fourth-order valence-electron chi connectivity index (χ4n) is 3.05. The van der Waals surface area contributed by atoms with Gasteiger partial charge in [0.15, 0.2) is 0 Å². The summed E-state index contributed by atoms with van der Waals surface area (Å²) in [6.07, 6.45) is 1.73. The van der Waals surface area contributed by atoms with Crippen molar-refractivity contribution in [1.82, 2.24) is 4.57 Å². The highest BCUT2D eigenvalue weighted by molar-refractivity contribution is 5.85. The van der Waals surface area contributed by atoms with Gasteiger partial charge in [-0.3, -0.25) is 0 Å². The Labute approximate surface area is 144 Å². The lowest BCUT2D eigenvalue weighted by molar-refractivity contribution is 0.476. The van der Waals surface area contributed by atoms with Gasteiger partial charge in [-0.2, -0.15) is 0 Å². The van der Waals surface area contributed by atoms with E-state index in [1.807, 2.05) is 0 Å². The Kier molecular flexibility index (Phi) is 6.21. The SMILES string of the molecule is C=CO.Cc1ccc(Cc2c(C)n(CCN)c3ccccc23)cc1. The van der Waals surface area contributed by atoms with Gasteiger partial charge in [0.25, 0.3) is 0 Å². The fourth-order valence-corrected chi connectivity index (χ4v) is 3.05. The summed E-state index contributed by atoms with van der Waals surface area (Å²) in [7, 11) is 0. The second-order valence-electron chi connectivity index (χ2n) is 5.87. The van der Waals surface area contributed by atoms with Gasteiger partial charge in [-0.05, 0) is 37.5 Å². The van der Waals surface area contributed by atoms with Crippen LogP contribution in [0.1, 0.15) is 22.4 Å². The normalized spacial score (nSPS) is 10.3. The van der Waals surface area contributed by atoms with Crippen LogP contribution in [0.3, 0.4) is 0 Å². The molecule has 126 valence electrons. The zero-order chi connectivity index (χ0) is 17.5. The number of hydrogen-bond acceptors (Lipinski definition) is 2. The van der Waals surface area contributed by atoms with Gasteiger partial charge in [0, 0.05) is 29.7 Å². The maximum absolute atomic E-state index is 7.33. The van der Waals surface area contributed by atoms with Gasteiger partial charge in [-0.25, -0.2) is 0 Å². The van der Waals surface area contributed by atoms with E-state index in [1.165, 1.54) is 33.3 Å². The third kappa shape index (κ3) is 3.87. The average Bonchev–Trinajstić information content (AvgIpc) is 2.84. The quantitative estimate of drug-likeness (QED) is 0.695. The number of hydrogen-bond donors (Lipinski definition) is 2. The van der Waals surface area contributed by atoms with E-state index in [9.17, 15) is 0 Å².